The van der Waals surface area contributed by atoms with Gasteiger partial charge in [-0.3, -0.25) is 9.59 Å². The fourth-order valence-electron chi connectivity index (χ4n) is 4.80. The summed E-state index contributed by atoms with van der Waals surface area (Å²) in [6, 6.07) is 7.81. The largest absolute Gasteiger partial charge is 0.455 e. The lowest BCUT2D eigenvalue weighted by Gasteiger charge is -2.39. The lowest BCUT2D eigenvalue weighted by molar-refractivity contribution is -0.152. The average molecular weight is 408 g/mol. The van der Waals surface area contributed by atoms with Gasteiger partial charge >= 0.3 is 5.97 Å². The average Bonchev–Trinajstić information content (AvgIpc) is 2.76. The van der Waals surface area contributed by atoms with Gasteiger partial charge < -0.3 is 9.64 Å². The maximum atomic E-state index is 12.6. The van der Waals surface area contributed by atoms with Crippen LogP contribution in [0.3, 0.4) is 0 Å². The van der Waals surface area contributed by atoms with Gasteiger partial charge in [-0.05, 0) is 47.8 Å². The second-order valence-electron chi connectivity index (χ2n) is 8.70. The number of fused-ring (bicyclic) bond motifs is 2. The van der Waals surface area contributed by atoms with Crippen molar-refractivity contribution in [2.24, 2.45) is 10.8 Å². The lowest BCUT2D eigenvalue weighted by Crippen LogP contribution is -2.39. The molecule has 136 valence electrons. The first-order valence-electron chi connectivity index (χ1n) is 8.85. The molecular weight excluding hydrogens is 382 g/mol. The Labute approximate surface area is 158 Å². The Morgan fingerprint density at radius 3 is 2.56 bits per heavy atom. The van der Waals surface area contributed by atoms with Crippen LogP contribution in [0.15, 0.2) is 28.7 Å². The van der Waals surface area contributed by atoms with Crippen LogP contribution < -0.4 is 0 Å². The zero-order valence-corrected chi connectivity index (χ0v) is 16.8. The number of hydrogen-bond acceptors (Lipinski definition) is 3. The first kappa shape index (κ1) is 18.4. The van der Waals surface area contributed by atoms with Crippen LogP contribution in [0.5, 0.6) is 0 Å². The molecular formula is C20H26BrNO3. The van der Waals surface area contributed by atoms with Gasteiger partial charge in [-0.1, -0.05) is 48.8 Å². The van der Waals surface area contributed by atoms with Crippen LogP contribution in [0.2, 0.25) is 0 Å². The summed E-state index contributed by atoms with van der Waals surface area (Å²) in [5.41, 5.74) is 1.35. The summed E-state index contributed by atoms with van der Waals surface area (Å²) < 4.78 is 6.21. The molecule has 2 unspecified atom stereocenters. The molecule has 1 aromatic rings. The van der Waals surface area contributed by atoms with E-state index in [1.165, 1.54) is 0 Å². The van der Waals surface area contributed by atoms with E-state index in [4.69, 9.17) is 4.74 Å². The molecule has 2 aliphatic rings. The summed E-state index contributed by atoms with van der Waals surface area (Å²) in [6.07, 6.45) is 3.43. The topological polar surface area (TPSA) is 46.6 Å². The number of likely N-dealkylation sites (tertiary alicyclic amines) is 1. The second-order valence-corrected chi connectivity index (χ2v) is 9.61. The summed E-state index contributed by atoms with van der Waals surface area (Å²) in [4.78, 5) is 26.5. The summed E-state index contributed by atoms with van der Waals surface area (Å²) >= 11 is 3.37. The highest BCUT2D eigenvalue weighted by Gasteiger charge is 2.50. The number of carbonyl (C=O) groups is 2. The Balaban J connectivity index is 1.53. The molecule has 0 aromatic heterocycles. The number of esters is 1. The Kier molecular flexibility index (Phi) is 4.97. The van der Waals surface area contributed by atoms with Gasteiger partial charge in [0, 0.05) is 17.1 Å². The molecule has 1 heterocycles. The molecule has 1 saturated heterocycles. The molecule has 2 atom stereocenters. The van der Waals surface area contributed by atoms with E-state index in [0.29, 0.717) is 0 Å². The van der Waals surface area contributed by atoms with Gasteiger partial charge in [0.2, 0.25) is 0 Å². The Morgan fingerprint density at radius 1 is 1.20 bits per heavy atom. The predicted octanol–water partition coefficient (Wildman–Crippen LogP) is 3.96. The zero-order valence-electron chi connectivity index (χ0n) is 15.2. The normalized spacial score (nSPS) is 27.2. The summed E-state index contributed by atoms with van der Waals surface area (Å²) in [6.45, 7) is 7.47. The number of carbonyl (C=O) groups excluding carboxylic acids is 2. The highest BCUT2D eigenvalue weighted by Crippen LogP contribution is 2.52. The molecule has 0 N–H and O–H groups in total. The monoisotopic (exact) mass is 407 g/mol. The molecule has 3 rings (SSSR count). The van der Waals surface area contributed by atoms with E-state index >= 15 is 0 Å². The number of rotatable bonds is 4. The van der Waals surface area contributed by atoms with Crippen LogP contribution in [0.4, 0.5) is 0 Å². The maximum Gasteiger partial charge on any atom is 0.310 e. The van der Waals surface area contributed by atoms with E-state index in [9.17, 15) is 9.59 Å². The van der Waals surface area contributed by atoms with Crippen molar-refractivity contribution in [1.29, 1.82) is 0 Å². The SMILES string of the molecule is CC1(C)CC2CC(C)(CN2C(=O)COC(=O)Cc2ccc(Br)cc2)C1. The number of amides is 1. The van der Waals surface area contributed by atoms with E-state index in [1.807, 2.05) is 29.2 Å². The van der Waals surface area contributed by atoms with Crippen LogP contribution in [-0.2, 0) is 20.7 Å². The summed E-state index contributed by atoms with van der Waals surface area (Å²) in [7, 11) is 0. The Morgan fingerprint density at radius 2 is 1.88 bits per heavy atom. The second kappa shape index (κ2) is 6.75. The third kappa shape index (κ3) is 4.43. The highest BCUT2D eigenvalue weighted by atomic mass is 79.9. The minimum atomic E-state index is -0.357. The third-order valence-electron chi connectivity index (χ3n) is 5.35. The number of benzene rings is 1. The highest BCUT2D eigenvalue weighted by molar-refractivity contribution is 9.10. The summed E-state index contributed by atoms with van der Waals surface area (Å²) in [5, 5.41) is 0. The molecule has 4 nitrogen and oxygen atoms in total. The molecule has 25 heavy (non-hydrogen) atoms. The molecule has 1 aliphatic carbocycles. The molecule has 2 fully saturated rings. The van der Waals surface area contributed by atoms with Crippen molar-refractivity contribution in [3.05, 3.63) is 34.3 Å². The van der Waals surface area contributed by atoms with Gasteiger partial charge in [0.25, 0.3) is 5.91 Å². The summed E-state index contributed by atoms with van der Waals surface area (Å²) in [5.74, 6) is -0.417. The van der Waals surface area contributed by atoms with Crippen molar-refractivity contribution in [3.63, 3.8) is 0 Å². The fraction of sp³-hybridized carbons (Fsp3) is 0.600. The van der Waals surface area contributed by atoms with Crippen molar-refractivity contribution >= 4 is 27.8 Å². The molecule has 1 saturated carbocycles. The molecule has 0 radical (unpaired) electrons. The van der Waals surface area contributed by atoms with E-state index in [1.54, 1.807) is 0 Å². The van der Waals surface area contributed by atoms with Crippen LogP contribution >= 0.6 is 15.9 Å². The minimum Gasteiger partial charge on any atom is -0.455 e. The third-order valence-corrected chi connectivity index (χ3v) is 5.88. The molecule has 1 amide bonds. The minimum absolute atomic E-state index is 0.0596. The van der Waals surface area contributed by atoms with Crippen LogP contribution in [0.1, 0.15) is 45.6 Å². The molecule has 0 spiro atoms. The van der Waals surface area contributed by atoms with Crippen molar-refractivity contribution in [2.75, 3.05) is 13.2 Å². The van der Waals surface area contributed by atoms with Crippen molar-refractivity contribution in [1.82, 2.24) is 4.90 Å². The van der Waals surface area contributed by atoms with E-state index in [2.05, 4.69) is 36.7 Å². The molecule has 1 aromatic carbocycles. The number of nitrogens with zero attached hydrogens (tertiary/aromatic N) is 1. The first-order valence-corrected chi connectivity index (χ1v) is 9.65. The Hall–Kier alpha value is -1.36. The quantitative estimate of drug-likeness (QED) is 0.709. The lowest BCUT2D eigenvalue weighted by atomic mass is 9.65. The smallest absolute Gasteiger partial charge is 0.310 e. The van der Waals surface area contributed by atoms with Crippen molar-refractivity contribution in [3.8, 4) is 0 Å². The number of halogens is 1. The fourth-order valence-corrected chi connectivity index (χ4v) is 5.06. The van der Waals surface area contributed by atoms with E-state index < -0.39 is 0 Å². The Bertz CT molecular complexity index is 670. The van der Waals surface area contributed by atoms with Gasteiger partial charge in [0.1, 0.15) is 0 Å². The van der Waals surface area contributed by atoms with Gasteiger partial charge in [-0.25, -0.2) is 0 Å². The van der Waals surface area contributed by atoms with Crippen molar-refractivity contribution < 1.29 is 14.3 Å². The van der Waals surface area contributed by atoms with Crippen molar-refractivity contribution in [2.45, 2.75) is 52.5 Å². The predicted molar refractivity (Wildman–Crippen MR) is 100 cm³/mol. The molecule has 5 heteroatoms. The van der Waals surface area contributed by atoms with E-state index in [-0.39, 0.29) is 41.8 Å². The van der Waals surface area contributed by atoms with Gasteiger partial charge in [-0.15, -0.1) is 0 Å². The van der Waals surface area contributed by atoms with Crippen LogP contribution in [0.25, 0.3) is 0 Å². The molecule has 1 aliphatic heterocycles. The maximum absolute atomic E-state index is 12.6. The van der Waals surface area contributed by atoms with Crippen LogP contribution in [0, 0.1) is 10.8 Å². The van der Waals surface area contributed by atoms with Gasteiger partial charge in [0.05, 0.1) is 6.42 Å². The zero-order chi connectivity index (χ0) is 18.2. The van der Waals surface area contributed by atoms with Crippen LogP contribution in [-0.4, -0.2) is 36.0 Å². The van der Waals surface area contributed by atoms with Gasteiger partial charge in [-0.2, -0.15) is 0 Å². The number of ether oxygens (including phenoxy) is 1. The van der Waals surface area contributed by atoms with E-state index in [0.717, 1.165) is 35.8 Å². The first-order chi connectivity index (χ1) is 11.7. The molecule has 2 bridgehead atoms. The standard InChI is InChI=1S/C20H26BrNO3/c1-19(2)9-16-10-20(3,12-19)13-22(16)17(23)11-25-18(24)8-14-4-6-15(21)7-5-14/h4-7,16H,8-13H2,1-3H3. The number of hydrogen-bond donors (Lipinski definition) is 0. The van der Waals surface area contributed by atoms with Gasteiger partial charge in [0.15, 0.2) is 6.61 Å².